The van der Waals surface area contributed by atoms with Crippen molar-refractivity contribution in [3.8, 4) is 0 Å². The van der Waals surface area contributed by atoms with Gasteiger partial charge in [0.2, 0.25) is 17.7 Å². The van der Waals surface area contributed by atoms with Crippen LogP contribution in [0.15, 0.2) is 24.3 Å². The lowest BCUT2D eigenvalue weighted by Gasteiger charge is -2.39. The van der Waals surface area contributed by atoms with Gasteiger partial charge in [0.1, 0.15) is 11.6 Å². The highest BCUT2D eigenvalue weighted by Crippen LogP contribution is 2.57. The van der Waals surface area contributed by atoms with Crippen molar-refractivity contribution in [3.05, 3.63) is 24.3 Å². The monoisotopic (exact) mass is 459 g/mol. The molecule has 0 bridgehead atoms. The molecule has 1 N–H and O–H groups in total. The van der Waals surface area contributed by atoms with Gasteiger partial charge in [-0.25, -0.2) is 0 Å². The predicted octanol–water partition coefficient (Wildman–Crippen LogP) is 1.35. The Bertz CT molecular complexity index is 872. The first kappa shape index (κ1) is 24.0. The Hall–Kier alpha value is -2.19. The first-order valence-electron chi connectivity index (χ1n) is 12.3. The third-order valence-corrected chi connectivity index (χ3v) is 7.68. The third-order valence-electron chi connectivity index (χ3n) is 7.68. The molecule has 4 aliphatic rings. The minimum absolute atomic E-state index is 0.107. The molecule has 0 saturated carbocycles. The van der Waals surface area contributed by atoms with E-state index in [-0.39, 0.29) is 24.3 Å². The van der Waals surface area contributed by atoms with Crippen LogP contribution >= 0.6 is 0 Å². The average molecular weight is 460 g/mol. The second-order valence-electron chi connectivity index (χ2n) is 10.0. The van der Waals surface area contributed by atoms with Crippen LogP contribution in [0.3, 0.4) is 0 Å². The first-order chi connectivity index (χ1) is 15.8. The number of likely N-dealkylation sites (tertiary alicyclic amines) is 1. The molecule has 4 rings (SSSR count). The van der Waals surface area contributed by atoms with E-state index in [1.54, 1.807) is 16.7 Å². The molecule has 0 radical (unpaired) electrons. The number of aliphatic hydroxyl groups excluding tert-OH is 1. The molecule has 4 aliphatic heterocycles. The van der Waals surface area contributed by atoms with Crippen LogP contribution in [0.4, 0.5) is 0 Å². The molecule has 3 amide bonds. The van der Waals surface area contributed by atoms with Gasteiger partial charge in [0, 0.05) is 26.2 Å². The summed E-state index contributed by atoms with van der Waals surface area (Å²) >= 11 is 0. The number of hydrogen-bond acceptors (Lipinski definition) is 5. The van der Waals surface area contributed by atoms with E-state index in [0.29, 0.717) is 26.2 Å². The van der Waals surface area contributed by atoms with E-state index in [9.17, 15) is 19.5 Å². The Morgan fingerprint density at radius 1 is 1.00 bits per heavy atom. The van der Waals surface area contributed by atoms with Crippen molar-refractivity contribution in [2.24, 2.45) is 11.8 Å². The SMILES string of the molecule is CCCCN1CC=C[C@]23O[C@@]4(C)C=CCN(CCC)C(=O)[C@H]4[C@H]2C(=O)N([C@H](C)CO)C3C1=O. The fourth-order valence-corrected chi connectivity index (χ4v) is 6.14. The summed E-state index contributed by atoms with van der Waals surface area (Å²) in [5.74, 6) is -2.11. The molecule has 33 heavy (non-hydrogen) atoms. The Morgan fingerprint density at radius 2 is 1.67 bits per heavy atom. The smallest absolute Gasteiger partial charge is 0.249 e. The first-order valence-corrected chi connectivity index (χ1v) is 12.3. The second kappa shape index (κ2) is 8.87. The van der Waals surface area contributed by atoms with Gasteiger partial charge >= 0.3 is 0 Å². The number of hydrogen-bond donors (Lipinski definition) is 1. The molecule has 8 nitrogen and oxygen atoms in total. The summed E-state index contributed by atoms with van der Waals surface area (Å²) < 4.78 is 6.73. The van der Waals surface area contributed by atoms with Crippen molar-refractivity contribution in [2.45, 2.75) is 70.2 Å². The predicted molar refractivity (Wildman–Crippen MR) is 123 cm³/mol. The number of amides is 3. The van der Waals surface area contributed by atoms with Crippen LogP contribution in [0.5, 0.6) is 0 Å². The number of unbranched alkanes of at least 4 members (excludes halogenated alkanes) is 1. The summed E-state index contributed by atoms with van der Waals surface area (Å²) in [5, 5.41) is 9.96. The highest BCUT2D eigenvalue weighted by atomic mass is 16.5. The number of rotatable bonds is 7. The lowest BCUT2D eigenvalue weighted by atomic mass is 9.74. The summed E-state index contributed by atoms with van der Waals surface area (Å²) in [5.41, 5.74) is -2.23. The Labute approximate surface area is 196 Å². The zero-order valence-electron chi connectivity index (χ0n) is 20.2. The van der Waals surface area contributed by atoms with Crippen LogP contribution in [-0.2, 0) is 19.1 Å². The van der Waals surface area contributed by atoms with E-state index < -0.39 is 35.1 Å². The van der Waals surface area contributed by atoms with Gasteiger partial charge in [-0.15, -0.1) is 0 Å². The van der Waals surface area contributed by atoms with Crippen LogP contribution in [0.1, 0.15) is 47.0 Å². The fraction of sp³-hybridized carbons (Fsp3) is 0.720. The summed E-state index contributed by atoms with van der Waals surface area (Å²) in [6.07, 6.45) is 10.2. The van der Waals surface area contributed by atoms with E-state index in [1.807, 2.05) is 38.2 Å². The fourth-order valence-electron chi connectivity index (χ4n) is 6.14. The minimum atomic E-state index is -1.24. The average Bonchev–Trinajstić information content (AvgIpc) is 3.07. The molecule has 2 saturated heterocycles. The summed E-state index contributed by atoms with van der Waals surface area (Å²) in [6, 6.07) is -1.47. The van der Waals surface area contributed by atoms with Gasteiger partial charge in [-0.05, 0) is 26.7 Å². The molecule has 0 aliphatic carbocycles. The van der Waals surface area contributed by atoms with Crippen molar-refractivity contribution >= 4 is 17.7 Å². The van der Waals surface area contributed by atoms with Gasteiger partial charge in [-0.3, -0.25) is 14.4 Å². The molecule has 0 aromatic carbocycles. The Balaban J connectivity index is 1.84. The maximum Gasteiger partial charge on any atom is 0.249 e. The minimum Gasteiger partial charge on any atom is -0.394 e. The van der Waals surface area contributed by atoms with Crippen molar-refractivity contribution in [1.29, 1.82) is 0 Å². The van der Waals surface area contributed by atoms with Crippen LogP contribution in [0, 0.1) is 11.8 Å². The Morgan fingerprint density at radius 3 is 2.30 bits per heavy atom. The number of carbonyl (C=O) groups is 3. The molecule has 0 aromatic heterocycles. The van der Waals surface area contributed by atoms with Crippen LogP contribution < -0.4 is 0 Å². The molecule has 1 spiro atoms. The van der Waals surface area contributed by atoms with E-state index in [4.69, 9.17) is 4.74 Å². The molecule has 6 atom stereocenters. The van der Waals surface area contributed by atoms with E-state index in [0.717, 1.165) is 19.3 Å². The largest absolute Gasteiger partial charge is 0.394 e. The highest BCUT2D eigenvalue weighted by Gasteiger charge is 2.75. The number of fused-ring (bicyclic) bond motifs is 2. The summed E-state index contributed by atoms with van der Waals surface area (Å²) in [6.45, 7) is 9.54. The van der Waals surface area contributed by atoms with Crippen LogP contribution in [0.2, 0.25) is 0 Å². The van der Waals surface area contributed by atoms with Crippen LogP contribution in [0.25, 0.3) is 0 Å². The van der Waals surface area contributed by atoms with Gasteiger partial charge in [0.05, 0.1) is 30.1 Å². The number of carbonyl (C=O) groups excluding carboxylic acids is 3. The Kier molecular flexibility index (Phi) is 6.44. The molecule has 4 heterocycles. The molecule has 1 unspecified atom stereocenters. The standard InChI is InChI=1S/C25H37N3O5/c1-5-7-13-27-15-9-11-25-19(22(31)28(17(3)16-29)20(25)23(27)32)18-21(30)26(12-6-2)14-8-10-24(18,4)33-25/h8-11,17-20,29H,5-7,12-16H2,1-4H3/t17-,18-,19+,20?,24+,25+/m1/s1. The van der Waals surface area contributed by atoms with Gasteiger partial charge in [0.15, 0.2) is 0 Å². The van der Waals surface area contributed by atoms with Crippen molar-refractivity contribution in [1.82, 2.24) is 14.7 Å². The molecular formula is C25H37N3O5. The zero-order chi connectivity index (χ0) is 24.0. The number of ether oxygens (including phenoxy) is 1. The zero-order valence-corrected chi connectivity index (χ0v) is 20.2. The summed E-state index contributed by atoms with van der Waals surface area (Å²) in [7, 11) is 0. The molecule has 182 valence electrons. The summed E-state index contributed by atoms with van der Waals surface area (Å²) in [4.78, 5) is 46.7. The van der Waals surface area contributed by atoms with Crippen molar-refractivity contribution in [3.63, 3.8) is 0 Å². The van der Waals surface area contributed by atoms with Gasteiger partial charge < -0.3 is 24.5 Å². The highest BCUT2D eigenvalue weighted by molar-refractivity contribution is 6.00. The van der Waals surface area contributed by atoms with E-state index in [1.165, 1.54) is 4.90 Å². The molecule has 0 aromatic rings. The lowest BCUT2D eigenvalue weighted by Crippen LogP contribution is -2.58. The normalized spacial score (nSPS) is 36.6. The second-order valence-corrected chi connectivity index (χ2v) is 10.0. The molecule has 2 fully saturated rings. The van der Waals surface area contributed by atoms with Crippen molar-refractivity contribution < 1.29 is 24.2 Å². The van der Waals surface area contributed by atoms with Crippen molar-refractivity contribution in [2.75, 3.05) is 32.8 Å². The van der Waals surface area contributed by atoms with Gasteiger partial charge in [-0.2, -0.15) is 0 Å². The molecular weight excluding hydrogens is 422 g/mol. The maximum atomic E-state index is 14.0. The van der Waals surface area contributed by atoms with E-state index in [2.05, 4.69) is 6.92 Å². The third kappa shape index (κ3) is 3.53. The lowest BCUT2D eigenvalue weighted by molar-refractivity contribution is -0.155. The quantitative estimate of drug-likeness (QED) is 0.581. The van der Waals surface area contributed by atoms with E-state index >= 15 is 0 Å². The number of nitrogens with zero attached hydrogens (tertiary/aromatic N) is 3. The van der Waals surface area contributed by atoms with Gasteiger partial charge in [0.25, 0.3) is 0 Å². The maximum absolute atomic E-state index is 14.0. The number of aliphatic hydroxyl groups is 1. The van der Waals surface area contributed by atoms with Crippen LogP contribution in [-0.4, -0.2) is 93.6 Å². The topological polar surface area (TPSA) is 90.4 Å². The van der Waals surface area contributed by atoms with Gasteiger partial charge in [-0.1, -0.05) is 44.6 Å². The molecule has 8 heteroatoms.